The number of rotatable bonds is 4. The first-order valence-electron chi connectivity index (χ1n) is 7.87. The van der Waals surface area contributed by atoms with Crippen LogP contribution in [0.15, 0.2) is 12.1 Å². The Kier molecular flexibility index (Phi) is 4.99. The molecule has 1 aromatic carbocycles. The van der Waals surface area contributed by atoms with E-state index in [0.717, 1.165) is 32.4 Å². The number of halogens is 2. The van der Waals surface area contributed by atoms with E-state index < -0.39 is 23.2 Å². The highest BCUT2D eigenvalue weighted by Gasteiger charge is 2.40. The molecule has 118 valence electrons. The molecule has 1 fully saturated rings. The van der Waals surface area contributed by atoms with Crippen LogP contribution in [0.4, 0.5) is 8.78 Å². The number of hydrogen-bond acceptors (Lipinski definition) is 2. The van der Waals surface area contributed by atoms with Crippen LogP contribution in [0, 0.1) is 18.6 Å². The summed E-state index contributed by atoms with van der Waals surface area (Å²) >= 11 is 0. The number of likely N-dealkylation sites (tertiary alicyclic amines) is 1. The van der Waals surface area contributed by atoms with Crippen molar-refractivity contribution in [2.75, 3.05) is 13.1 Å². The topological polar surface area (TPSA) is 29.3 Å². The summed E-state index contributed by atoms with van der Waals surface area (Å²) in [5.74, 6) is -1.04. The summed E-state index contributed by atoms with van der Waals surface area (Å²) in [6.07, 6.45) is 4.24. The minimum Gasteiger partial charge on any atom is -0.322 e. The third-order valence-electron chi connectivity index (χ3n) is 5.09. The Hall–Kier alpha value is -1.00. The zero-order valence-electron chi connectivity index (χ0n) is 13.3. The maximum Gasteiger partial charge on any atom is 0.133 e. The van der Waals surface area contributed by atoms with Crippen LogP contribution in [0.2, 0.25) is 0 Å². The maximum atomic E-state index is 14.4. The summed E-state index contributed by atoms with van der Waals surface area (Å²) in [6.45, 7) is 7.62. The van der Waals surface area contributed by atoms with Gasteiger partial charge in [0.1, 0.15) is 11.6 Å². The van der Waals surface area contributed by atoms with Gasteiger partial charge in [-0.2, -0.15) is 0 Å². The van der Waals surface area contributed by atoms with E-state index in [1.165, 1.54) is 18.6 Å². The van der Waals surface area contributed by atoms with Gasteiger partial charge in [0, 0.05) is 11.1 Å². The molecule has 0 amide bonds. The average molecular weight is 296 g/mol. The van der Waals surface area contributed by atoms with Gasteiger partial charge >= 0.3 is 0 Å². The Labute approximate surface area is 126 Å². The fourth-order valence-electron chi connectivity index (χ4n) is 3.32. The minimum absolute atomic E-state index is 0.0323. The normalized spacial score (nSPS) is 21.0. The van der Waals surface area contributed by atoms with E-state index in [1.807, 2.05) is 13.8 Å². The van der Waals surface area contributed by atoms with Gasteiger partial charge in [0.25, 0.3) is 0 Å². The molecule has 4 heteroatoms. The van der Waals surface area contributed by atoms with Gasteiger partial charge in [0.2, 0.25) is 0 Å². The Bertz CT molecular complexity index is 498. The van der Waals surface area contributed by atoms with Crippen LogP contribution in [-0.2, 0) is 0 Å². The van der Waals surface area contributed by atoms with Gasteiger partial charge in [0.15, 0.2) is 0 Å². The molecular formula is C17H26F2N2. The van der Waals surface area contributed by atoms with Crippen LogP contribution in [0.5, 0.6) is 0 Å². The lowest BCUT2D eigenvalue weighted by molar-refractivity contribution is 0.0522. The van der Waals surface area contributed by atoms with Crippen molar-refractivity contribution in [1.82, 2.24) is 4.90 Å². The average Bonchev–Trinajstić information content (AvgIpc) is 2.51. The molecule has 2 unspecified atom stereocenters. The van der Waals surface area contributed by atoms with Crippen LogP contribution < -0.4 is 5.73 Å². The summed E-state index contributed by atoms with van der Waals surface area (Å²) < 4.78 is 28.6. The van der Waals surface area contributed by atoms with Crippen LogP contribution in [0.25, 0.3) is 0 Å². The third kappa shape index (κ3) is 2.97. The van der Waals surface area contributed by atoms with Crippen LogP contribution >= 0.6 is 0 Å². The van der Waals surface area contributed by atoms with E-state index in [0.29, 0.717) is 5.56 Å². The van der Waals surface area contributed by atoms with Gasteiger partial charge in [-0.1, -0.05) is 19.4 Å². The molecule has 0 aliphatic carbocycles. The highest BCUT2D eigenvalue weighted by molar-refractivity contribution is 5.31. The molecule has 2 nitrogen and oxygen atoms in total. The number of nitrogens with two attached hydrogens (primary N) is 1. The summed E-state index contributed by atoms with van der Waals surface area (Å²) in [6, 6.07) is 2.12. The highest BCUT2D eigenvalue weighted by Crippen LogP contribution is 2.37. The Morgan fingerprint density at radius 3 is 2.43 bits per heavy atom. The molecule has 1 heterocycles. The number of nitrogens with zero attached hydrogens (tertiary/aromatic N) is 1. The van der Waals surface area contributed by atoms with Gasteiger partial charge in [0.05, 0.1) is 6.04 Å². The second-order valence-electron chi connectivity index (χ2n) is 6.33. The summed E-state index contributed by atoms with van der Waals surface area (Å²) in [7, 11) is 0. The lowest BCUT2D eigenvalue weighted by atomic mass is 9.81. The molecule has 0 spiro atoms. The molecule has 2 atom stereocenters. The molecule has 0 radical (unpaired) electrons. The van der Waals surface area contributed by atoms with E-state index >= 15 is 0 Å². The van der Waals surface area contributed by atoms with Gasteiger partial charge in [-0.3, -0.25) is 4.90 Å². The predicted octanol–water partition coefficient (Wildman–Crippen LogP) is 3.93. The second-order valence-corrected chi connectivity index (χ2v) is 6.33. The summed E-state index contributed by atoms with van der Waals surface area (Å²) in [4.78, 5) is 2.31. The lowest BCUT2D eigenvalue weighted by Crippen LogP contribution is -2.55. The first kappa shape index (κ1) is 16.4. The van der Waals surface area contributed by atoms with Crippen molar-refractivity contribution < 1.29 is 8.78 Å². The molecule has 0 aromatic heterocycles. The van der Waals surface area contributed by atoms with E-state index in [9.17, 15) is 8.78 Å². The summed E-state index contributed by atoms with van der Waals surface area (Å²) in [5, 5.41) is 0. The molecule has 0 saturated carbocycles. The van der Waals surface area contributed by atoms with Gasteiger partial charge in [-0.05, 0) is 57.8 Å². The Morgan fingerprint density at radius 2 is 1.86 bits per heavy atom. The smallest absolute Gasteiger partial charge is 0.133 e. The third-order valence-corrected chi connectivity index (χ3v) is 5.09. The molecule has 21 heavy (non-hydrogen) atoms. The quantitative estimate of drug-likeness (QED) is 0.912. The van der Waals surface area contributed by atoms with Crippen molar-refractivity contribution in [2.45, 2.75) is 58.0 Å². The summed E-state index contributed by atoms with van der Waals surface area (Å²) in [5.41, 5.74) is 6.42. The van der Waals surface area contributed by atoms with Gasteiger partial charge in [-0.25, -0.2) is 8.78 Å². The van der Waals surface area contributed by atoms with E-state index in [4.69, 9.17) is 5.73 Å². The Balaban J connectivity index is 2.40. The largest absolute Gasteiger partial charge is 0.322 e. The molecule has 1 aliphatic heterocycles. The molecule has 2 N–H and O–H groups in total. The van der Waals surface area contributed by atoms with E-state index in [-0.39, 0.29) is 5.56 Å². The fourth-order valence-corrected chi connectivity index (χ4v) is 3.32. The van der Waals surface area contributed by atoms with E-state index in [1.54, 1.807) is 6.92 Å². The first-order chi connectivity index (χ1) is 9.91. The Morgan fingerprint density at radius 1 is 1.24 bits per heavy atom. The number of aryl methyl sites for hydroxylation is 1. The van der Waals surface area contributed by atoms with Crippen molar-refractivity contribution in [3.05, 3.63) is 34.9 Å². The molecule has 2 rings (SSSR count). The maximum absolute atomic E-state index is 14.4. The minimum atomic E-state index is -0.666. The van der Waals surface area contributed by atoms with Gasteiger partial charge in [-0.15, -0.1) is 0 Å². The number of piperidine rings is 1. The number of benzene rings is 1. The van der Waals surface area contributed by atoms with Crippen molar-refractivity contribution in [3.8, 4) is 0 Å². The number of hydrogen-bond donors (Lipinski definition) is 1. The van der Waals surface area contributed by atoms with Crippen molar-refractivity contribution >= 4 is 0 Å². The highest BCUT2D eigenvalue weighted by atomic mass is 19.1. The van der Waals surface area contributed by atoms with E-state index in [2.05, 4.69) is 4.90 Å². The SMILES string of the molecule is CCC(C)(C(N)c1c(F)ccc(C)c1F)N1CCCCC1. The van der Waals surface area contributed by atoms with Crippen LogP contribution in [0.1, 0.15) is 56.7 Å². The molecule has 1 aliphatic rings. The van der Waals surface area contributed by atoms with Crippen molar-refractivity contribution in [1.29, 1.82) is 0 Å². The zero-order valence-corrected chi connectivity index (χ0v) is 13.3. The molecular weight excluding hydrogens is 270 g/mol. The van der Waals surface area contributed by atoms with Crippen LogP contribution in [-0.4, -0.2) is 23.5 Å². The zero-order chi connectivity index (χ0) is 15.6. The predicted molar refractivity (Wildman–Crippen MR) is 82.1 cm³/mol. The molecule has 1 saturated heterocycles. The first-order valence-corrected chi connectivity index (χ1v) is 7.87. The monoisotopic (exact) mass is 296 g/mol. The lowest BCUT2D eigenvalue weighted by Gasteiger charge is -2.47. The molecule has 0 bridgehead atoms. The van der Waals surface area contributed by atoms with Crippen molar-refractivity contribution in [2.24, 2.45) is 5.73 Å². The molecule has 1 aromatic rings. The van der Waals surface area contributed by atoms with Gasteiger partial charge < -0.3 is 5.73 Å². The van der Waals surface area contributed by atoms with Crippen molar-refractivity contribution in [3.63, 3.8) is 0 Å². The standard InChI is InChI=1S/C17H26F2N2/c1-4-17(3,21-10-6-5-7-11-21)16(20)14-13(18)9-8-12(2)15(14)19/h8-9,16H,4-7,10-11,20H2,1-3H3. The fraction of sp³-hybridized carbons (Fsp3) is 0.647. The van der Waals surface area contributed by atoms with Crippen LogP contribution in [0.3, 0.4) is 0 Å². The second kappa shape index (κ2) is 6.41.